The van der Waals surface area contributed by atoms with Gasteiger partial charge in [0.25, 0.3) is 0 Å². The van der Waals surface area contributed by atoms with Crippen LogP contribution in [0.25, 0.3) is 0 Å². The maximum absolute atomic E-state index is 11.7. The van der Waals surface area contributed by atoms with Gasteiger partial charge in [-0.3, -0.25) is 4.72 Å². The van der Waals surface area contributed by atoms with Crippen molar-refractivity contribution in [1.82, 2.24) is 0 Å². The minimum absolute atomic E-state index is 0.0724. The molecule has 0 saturated heterocycles. The molecule has 0 unspecified atom stereocenters. The van der Waals surface area contributed by atoms with Crippen LogP contribution in [-0.2, 0) is 10.0 Å². The standard InChI is InChI=1S/C11H16ClNO3S/c1-8(2)5-6-17(15,16)13-9-3-4-11(14)10(12)7-9/h3-4,7-8,13-14H,5-6H2,1-2H3. The summed E-state index contributed by atoms with van der Waals surface area (Å²) in [5.74, 6) is 0.329. The third-order valence-electron chi connectivity index (χ3n) is 2.18. The lowest BCUT2D eigenvalue weighted by atomic mass is 10.2. The van der Waals surface area contributed by atoms with E-state index in [2.05, 4.69) is 4.72 Å². The van der Waals surface area contributed by atoms with E-state index in [-0.39, 0.29) is 16.5 Å². The van der Waals surface area contributed by atoms with Crippen molar-refractivity contribution in [3.05, 3.63) is 23.2 Å². The number of aromatic hydroxyl groups is 1. The number of benzene rings is 1. The minimum atomic E-state index is -3.35. The van der Waals surface area contributed by atoms with Crippen molar-refractivity contribution in [2.45, 2.75) is 20.3 Å². The summed E-state index contributed by atoms with van der Waals surface area (Å²) < 4.78 is 25.8. The summed E-state index contributed by atoms with van der Waals surface area (Å²) in [4.78, 5) is 0. The van der Waals surface area contributed by atoms with E-state index in [1.165, 1.54) is 18.2 Å². The Labute approximate surface area is 107 Å². The van der Waals surface area contributed by atoms with Crippen LogP contribution in [0.1, 0.15) is 20.3 Å². The number of hydrogen-bond acceptors (Lipinski definition) is 3. The molecule has 0 saturated carbocycles. The van der Waals surface area contributed by atoms with Gasteiger partial charge in [0, 0.05) is 0 Å². The molecule has 1 aromatic rings. The fourth-order valence-electron chi connectivity index (χ4n) is 1.19. The largest absolute Gasteiger partial charge is 0.506 e. The van der Waals surface area contributed by atoms with Gasteiger partial charge in [0.1, 0.15) is 5.75 Å². The van der Waals surface area contributed by atoms with Crippen LogP contribution < -0.4 is 4.72 Å². The highest BCUT2D eigenvalue weighted by Crippen LogP contribution is 2.26. The van der Waals surface area contributed by atoms with Gasteiger partial charge < -0.3 is 5.11 Å². The highest BCUT2D eigenvalue weighted by atomic mass is 35.5. The summed E-state index contributed by atoms with van der Waals surface area (Å²) in [6.07, 6.45) is 0.598. The Morgan fingerprint density at radius 3 is 2.59 bits per heavy atom. The molecule has 0 bridgehead atoms. The predicted octanol–water partition coefficient (Wildman–Crippen LogP) is 2.83. The van der Waals surface area contributed by atoms with E-state index in [0.29, 0.717) is 18.0 Å². The van der Waals surface area contributed by atoms with Crippen molar-refractivity contribution in [2.24, 2.45) is 5.92 Å². The highest BCUT2D eigenvalue weighted by Gasteiger charge is 2.12. The van der Waals surface area contributed by atoms with Crippen molar-refractivity contribution >= 4 is 27.3 Å². The highest BCUT2D eigenvalue weighted by molar-refractivity contribution is 7.92. The first-order valence-corrected chi connectivity index (χ1v) is 7.32. The summed E-state index contributed by atoms with van der Waals surface area (Å²) in [6, 6.07) is 4.20. The maximum atomic E-state index is 11.7. The Morgan fingerprint density at radius 2 is 2.06 bits per heavy atom. The molecule has 0 fully saturated rings. The molecule has 1 aromatic carbocycles. The molecule has 0 aliphatic rings. The molecule has 0 aliphatic carbocycles. The average Bonchev–Trinajstić information content (AvgIpc) is 2.21. The summed E-state index contributed by atoms with van der Waals surface area (Å²) in [7, 11) is -3.35. The van der Waals surface area contributed by atoms with E-state index in [9.17, 15) is 13.5 Å². The molecule has 0 radical (unpaired) electrons. The number of phenolic OH excluding ortho intramolecular Hbond substituents is 1. The fraction of sp³-hybridized carbons (Fsp3) is 0.455. The zero-order valence-corrected chi connectivity index (χ0v) is 11.3. The molecule has 17 heavy (non-hydrogen) atoms. The molecule has 0 aromatic heterocycles. The second kappa shape index (κ2) is 5.60. The molecule has 1 rings (SSSR count). The predicted molar refractivity (Wildman–Crippen MR) is 70.0 cm³/mol. The lowest BCUT2D eigenvalue weighted by Crippen LogP contribution is -2.17. The second-order valence-electron chi connectivity index (χ2n) is 4.27. The number of sulfonamides is 1. The number of hydrogen-bond donors (Lipinski definition) is 2. The Hall–Kier alpha value is -0.940. The second-order valence-corrected chi connectivity index (χ2v) is 6.52. The monoisotopic (exact) mass is 277 g/mol. The lowest BCUT2D eigenvalue weighted by molar-refractivity contribution is 0.475. The van der Waals surface area contributed by atoms with Gasteiger partial charge in [-0.05, 0) is 30.5 Å². The van der Waals surface area contributed by atoms with E-state index in [1.54, 1.807) is 0 Å². The molecule has 4 nitrogen and oxygen atoms in total. The lowest BCUT2D eigenvalue weighted by Gasteiger charge is -2.09. The molecular formula is C11H16ClNO3S. The third kappa shape index (κ3) is 4.83. The van der Waals surface area contributed by atoms with Crippen LogP contribution in [-0.4, -0.2) is 19.3 Å². The number of halogens is 1. The Morgan fingerprint density at radius 1 is 1.41 bits per heavy atom. The summed E-state index contributed by atoms with van der Waals surface area (Å²) in [5, 5.41) is 9.33. The van der Waals surface area contributed by atoms with Crippen molar-refractivity contribution in [3.8, 4) is 5.75 Å². The molecule has 0 amide bonds. The number of rotatable bonds is 5. The summed E-state index contributed by atoms with van der Waals surface area (Å²) >= 11 is 5.69. The van der Waals surface area contributed by atoms with Gasteiger partial charge in [-0.15, -0.1) is 0 Å². The molecule has 0 spiro atoms. The van der Waals surface area contributed by atoms with E-state index in [0.717, 1.165) is 0 Å². The molecule has 2 N–H and O–H groups in total. The smallest absolute Gasteiger partial charge is 0.232 e. The molecule has 0 aliphatic heterocycles. The quantitative estimate of drug-likeness (QED) is 0.814. The van der Waals surface area contributed by atoms with Crippen LogP contribution >= 0.6 is 11.6 Å². The third-order valence-corrected chi connectivity index (χ3v) is 3.81. The maximum Gasteiger partial charge on any atom is 0.232 e. The van der Waals surface area contributed by atoms with Gasteiger partial charge in [0.15, 0.2) is 0 Å². The van der Waals surface area contributed by atoms with Crippen LogP contribution in [0.2, 0.25) is 5.02 Å². The molecule has 0 heterocycles. The fourth-order valence-corrected chi connectivity index (χ4v) is 2.74. The van der Waals surface area contributed by atoms with Gasteiger partial charge in [0.2, 0.25) is 10.0 Å². The van der Waals surface area contributed by atoms with Crippen molar-refractivity contribution in [1.29, 1.82) is 0 Å². The van der Waals surface area contributed by atoms with Gasteiger partial charge in [0.05, 0.1) is 16.5 Å². The van der Waals surface area contributed by atoms with Crippen LogP contribution in [0.4, 0.5) is 5.69 Å². The molecule has 96 valence electrons. The average molecular weight is 278 g/mol. The number of anilines is 1. The first-order chi connectivity index (χ1) is 7.80. The molecule has 6 heteroatoms. The van der Waals surface area contributed by atoms with Crippen molar-refractivity contribution in [2.75, 3.05) is 10.5 Å². The van der Waals surface area contributed by atoms with Crippen LogP contribution in [0.5, 0.6) is 5.75 Å². The molecule has 0 atom stereocenters. The van der Waals surface area contributed by atoms with Crippen molar-refractivity contribution in [3.63, 3.8) is 0 Å². The zero-order valence-electron chi connectivity index (χ0n) is 9.77. The number of phenols is 1. The van der Waals surface area contributed by atoms with Gasteiger partial charge in [-0.1, -0.05) is 25.4 Å². The first-order valence-electron chi connectivity index (χ1n) is 5.29. The Balaban J connectivity index is 2.73. The normalized spacial score (nSPS) is 11.8. The van der Waals surface area contributed by atoms with Crippen LogP contribution in [0, 0.1) is 5.92 Å². The SMILES string of the molecule is CC(C)CCS(=O)(=O)Nc1ccc(O)c(Cl)c1. The van der Waals surface area contributed by atoms with E-state index >= 15 is 0 Å². The summed E-state index contributed by atoms with van der Waals surface area (Å²) in [5.41, 5.74) is 0.358. The number of nitrogens with one attached hydrogen (secondary N) is 1. The van der Waals surface area contributed by atoms with Crippen LogP contribution in [0.15, 0.2) is 18.2 Å². The molecular weight excluding hydrogens is 262 g/mol. The van der Waals surface area contributed by atoms with E-state index in [1.807, 2.05) is 13.8 Å². The van der Waals surface area contributed by atoms with Crippen molar-refractivity contribution < 1.29 is 13.5 Å². The van der Waals surface area contributed by atoms with Crippen LogP contribution in [0.3, 0.4) is 0 Å². The van der Waals surface area contributed by atoms with E-state index in [4.69, 9.17) is 11.6 Å². The summed E-state index contributed by atoms with van der Waals surface area (Å²) in [6.45, 7) is 3.93. The topological polar surface area (TPSA) is 66.4 Å². The van der Waals surface area contributed by atoms with Gasteiger partial charge in [-0.25, -0.2) is 8.42 Å². The first kappa shape index (κ1) is 14.1. The Bertz CT molecular complexity index is 485. The minimum Gasteiger partial charge on any atom is -0.506 e. The van der Waals surface area contributed by atoms with Gasteiger partial charge in [-0.2, -0.15) is 0 Å². The van der Waals surface area contributed by atoms with E-state index < -0.39 is 10.0 Å². The Kier molecular flexibility index (Phi) is 4.65. The van der Waals surface area contributed by atoms with Gasteiger partial charge >= 0.3 is 0 Å². The zero-order chi connectivity index (χ0) is 13.1.